The fourth-order valence-corrected chi connectivity index (χ4v) is 0.671. The van der Waals surface area contributed by atoms with Crippen LogP contribution in [0.3, 0.4) is 0 Å². The first-order valence-electron chi connectivity index (χ1n) is 3.07. The van der Waals surface area contributed by atoms with E-state index in [9.17, 15) is 0 Å². The van der Waals surface area contributed by atoms with Crippen molar-refractivity contribution >= 4 is 103 Å². The van der Waals surface area contributed by atoms with E-state index in [4.69, 9.17) is 0 Å². The number of hydrogen-bond acceptors (Lipinski definition) is 1. The van der Waals surface area contributed by atoms with Gasteiger partial charge in [0, 0.05) is 103 Å². The first kappa shape index (κ1) is 18.1. The smallest absolute Gasteiger partial charge is 0 e. The van der Waals surface area contributed by atoms with Crippen LogP contribution in [0.25, 0.3) is 0 Å². The average Bonchev–Trinajstić information content (AvgIpc) is 1.72. The molecule has 0 saturated heterocycles. The van der Waals surface area contributed by atoms with Gasteiger partial charge in [0.15, 0.2) is 0 Å². The summed E-state index contributed by atoms with van der Waals surface area (Å²) < 4.78 is 0. The van der Waals surface area contributed by atoms with Gasteiger partial charge in [0.2, 0.25) is 0 Å². The molecule has 2 radical (unpaired) electrons. The monoisotopic (exact) mass is 179 g/mol. The van der Waals surface area contributed by atoms with Crippen molar-refractivity contribution in [2.45, 2.75) is 20.8 Å². The minimum Gasteiger partial charge on any atom is -0.304 e. The third-order valence-corrected chi connectivity index (χ3v) is 1.34. The molecule has 0 bridgehead atoms. The molecular formula is C6H15K2N. The van der Waals surface area contributed by atoms with Gasteiger partial charge < -0.3 is 4.90 Å². The molecule has 0 rings (SSSR count). The van der Waals surface area contributed by atoms with Crippen molar-refractivity contribution in [1.29, 1.82) is 0 Å². The number of hydrogen-bond donors (Lipinski definition) is 0. The van der Waals surface area contributed by atoms with E-state index in [0.717, 1.165) is 0 Å². The molecule has 0 unspecified atom stereocenters. The van der Waals surface area contributed by atoms with Gasteiger partial charge in [-0.05, 0) is 19.6 Å². The Bertz CT molecular complexity index is 32.5. The van der Waals surface area contributed by atoms with E-state index in [2.05, 4.69) is 25.7 Å². The molecule has 0 aromatic carbocycles. The molecular weight excluding hydrogens is 164 g/mol. The van der Waals surface area contributed by atoms with Crippen LogP contribution in [0, 0.1) is 0 Å². The van der Waals surface area contributed by atoms with Crippen LogP contribution in [0.1, 0.15) is 20.8 Å². The summed E-state index contributed by atoms with van der Waals surface area (Å²) in [4.78, 5) is 2.38. The zero-order valence-corrected chi connectivity index (χ0v) is 13.8. The van der Waals surface area contributed by atoms with Crippen LogP contribution in [0.15, 0.2) is 0 Å². The van der Waals surface area contributed by atoms with Crippen molar-refractivity contribution in [3.8, 4) is 0 Å². The predicted molar refractivity (Wildman–Crippen MR) is 45.0 cm³/mol. The summed E-state index contributed by atoms with van der Waals surface area (Å²) in [5.41, 5.74) is 0. The zero-order valence-electron chi connectivity index (χ0n) is 7.57. The zero-order chi connectivity index (χ0) is 5.70. The van der Waals surface area contributed by atoms with Gasteiger partial charge in [0.25, 0.3) is 0 Å². The Balaban J connectivity index is -0.000000180. The number of rotatable bonds is 3. The first-order valence-corrected chi connectivity index (χ1v) is 3.07. The molecule has 46 valence electrons. The average molecular weight is 179 g/mol. The molecule has 1 nitrogen and oxygen atoms in total. The molecule has 0 aliphatic heterocycles. The molecule has 9 heavy (non-hydrogen) atoms. The number of nitrogens with zero attached hydrogens (tertiary/aromatic N) is 1. The molecule has 0 aliphatic carbocycles. The maximum absolute atomic E-state index is 2.38. The molecule has 3 heteroatoms. The molecule has 0 spiro atoms. The first-order chi connectivity index (χ1) is 3.35. The van der Waals surface area contributed by atoms with Crippen molar-refractivity contribution in [2.24, 2.45) is 0 Å². The van der Waals surface area contributed by atoms with Gasteiger partial charge in [0.1, 0.15) is 0 Å². The van der Waals surface area contributed by atoms with Gasteiger partial charge in [-0.3, -0.25) is 0 Å². The van der Waals surface area contributed by atoms with E-state index in [1.807, 2.05) is 0 Å². The van der Waals surface area contributed by atoms with Gasteiger partial charge >= 0.3 is 0 Å². The van der Waals surface area contributed by atoms with Gasteiger partial charge in [-0.25, -0.2) is 0 Å². The molecule has 0 aliphatic rings. The van der Waals surface area contributed by atoms with E-state index in [1.165, 1.54) is 19.6 Å². The minimum atomic E-state index is 0. The Labute approximate surface area is 144 Å². The van der Waals surface area contributed by atoms with E-state index >= 15 is 0 Å². The second-order valence-electron chi connectivity index (χ2n) is 1.62. The third kappa shape index (κ3) is 11.2. The summed E-state index contributed by atoms with van der Waals surface area (Å²) in [6.45, 7) is 10.1. The van der Waals surface area contributed by atoms with Crippen LogP contribution in [0.5, 0.6) is 0 Å². The van der Waals surface area contributed by atoms with Gasteiger partial charge in [-0.1, -0.05) is 20.8 Å². The van der Waals surface area contributed by atoms with Crippen LogP contribution >= 0.6 is 0 Å². The minimum absolute atomic E-state index is 0. The maximum Gasteiger partial charge on any atom is 0 e. The molecule has 0 aromatic rings. The molecule has 0 saturated carbocycles. The standard InChI is InChI=1S/C6H15N.2K/c1-4-7(5-2)6-3;;/h4-6H2,1-3H3;;. The Morgan fingerprint density at radius 3 is 1.00 bits per heavy atom. The van der Waals surface area contributed by atoms with Crippen LogP contribution < -0.4 is 0 Å². The fraction of sp³-hybridized carbons (Fsp3) is 1.00. The van der Waals surface area contributed by atoms with Crippen LogP contribution in [0.4, 0.5) is 0 Å². The van der Waals surface area contributed by atoms with E-state index < -0.39 is 0 Å². The summed E-state index contributed by atoms with van der Waals surface area (Å²) in [6, 6.07) is 0. The fourth-order valence-electron chi connectivity index (χ4n) is 0.671. The van der Waals surface area contributed by atoms with Crippen molar-refractivity contribution in [3.05, 3.63) is 0 Å². The quantitative estimate of drug-likeness (QED) is 0.573. The van der Waals surface area contributed by atoms with Crippen molar-refractivity contribution in [1.82, 2.24) is 4.90 Å². The van der Waals surface area contributed by atoms with Gasteiger partial charge in [-0.2, -0.15) is 0 Å². The topological polar surface area (TPSA) is 3.24 Å². The maximum atomic E-state index is 2.38. The molecule has 0 fully saturated rings. The van der Waals surface area contributed by atoms with Crippen molar-refractivity contribution < 1.29 is 0 Å². The van der Waals surface area contributed by atoms with Crippen LogP contribution in [-0.2, 0) is 0 Å². The second kappa shape index (κ2) is 13.8. The summed E-state index contributed by atoms with van der Waals surface area (Å²) in [6.07, 6.45) is 0. The van der Waals surface area contributed by atoms with Crippen LogP contribution in [0.2, 0.25) is 0 Å². The summed E-state index contributed by atoms with van der Waals surface area (Å²) in [5, 5.41) is 0. The normalized spacial score (nSPS) is 8.00. The van der Waals surface area contributed by atoms with Crippen molar-refractivity contribution in [2.75, 3.05) is 19.6 Å². The molecule has 0 atom stereocenters. The predicted octanol–water partition coefficient (Wildman–Crippen LogP) is 0.586. The van der Waals surface area contributed by atoms with Gasteiger partial charge in [0.05, 0.1) is 0 Å². The molecule has 0 amide bonds. The van der Waals surface area contributed by atoms with E-state index in [1.54, 1.807) is 0 Å². The summed E-state index contributed by atoms with van der Waals surface area (Å²) >= 11 is 0. The van der Waals surface area contributed by atoms with Crippen LogP contribution in [-0.4, -0.2) is 127 Å². The Morgan fingerprint density at radius 1 is 0.778 bits per heavy atom. The third-order valence-electron chi connectivity index (χ3n) is 1.34. The molecule has 0 heterocycles. The van der Waals surface area contributed by atoms with E-state index in [0.29, 0.717) is 0 Å². The van der Waals surface area contributed by atoms with E-state index in [-0.39, 0.29) is 103 Å². The Morgan fingerprint density at radius 2 is 1.00 bits per heavy atom. The second-order valence-corrected chi connectivity index (χ2v) is 1.62. The largest absolute Gasteiger partial charge is 0.304 e. The molecule has 0 N–H and O–H groups in total. The van der Waals surface area contributed by atoms with Crippen molar-refractivity contribution in [3.63, 3.8) is 0 Å². The van der Waals surface area contributed by atoms with Gasteiger partial charge in [-0.15, -0.1) is 0 Å². The molecule has 0 aromatic heterocycles. The Kier molecular flexibility index (Phi) is 27.8. The summed E-state index contributed by atoms with van der Waals surface area (Å²) in [7, 11) is 0. The summed E-state index contributed by atoms with van der Waals surface area (Å²) in [5.74, 6) is 0. The SMILES string of the molecule is CCN(CC)CC.[K].[K]. The Hall–Kier alpha value is 3.23.